The zero-order chi connectivity index (χ0) is 43.0. The molecule has 1 N–H and O–H groups in total. The maximum absolute atomic E-state index is 12.0. The van der Waals surface area contributed by atoms with Crippen molar-refractivity contribution in [1.82, 2.24) is 0 Å². The van der Waals surface area contributed by atoms with Crippen molar-refractivity contribution in [3.8, 4) is 5.75 Å². The average Bonchev–Trinajstić information content (AvgIpc) is 3.20. The number of azo groups is 2. The molecule has 0 fully saturated rings. The van der Waals surface area contributed by atoms with Gasteiger partial charge in [-0.2, -0.15) is 0 Å². The van der Waals surface area contributed by atoms with Crippen molar-refractivity contribution < 1.29 is 121 Å². The summed E-state index contributed by atoms with van der Waals surface area (Å²) in [5.41, 5.74) is -1.41. The summed E-state index contributed by atoms with van der Waals surface area (Å²) < 4.78 is 49.9. The Hall–Kier alpha value is -4.71. The second-order valence-electron chi connectivity index (χ2n) is 11.2. The van der Waals surface area contributed by atoms with E-state index in [1.165, 1.54) is 72.8 Å². The Morgan fingerprint density at radius 2 is 1.15 bits per heavy atom. The number of carbonyl (C=O) groups excluding carboxylic acids is 4. The number of nitro groups is 1. The second kappa shape index (κ2) is 25.8. The van der Waals surface area contributed by atoms with Crippen LogP contribution in [0.4, 0.5) is 28.4 Å². The van der Waals surface area contributed by atoms with Crippen LogP contribution < -0.4 is 67.0 Å². The van der Waals surface area contributed by atoms with Gasteiger partial charge in [-0.25, -0.2) is 14.4 Å². The number of carboxylic acids is 1. The first kappa shape index (κ1) is 53.3. The van der Waals surface area contributed by atoms with Crippen molar-refractivity contribution in [1.29, 1.82) is 0 Å². The van der Waals surface area contributed by atoms with Gasteiger partial charge in [0.15, 0.2) is 0 Å². The van der Waals surface area contributed by atoms with Gasteiger partial charge in [0.2, 0.25) is 0 Å². The van der Waals surface area contributed by atoms with Crippen molar-refractivity contribution in [2.24, 2.45) is 20.5 Å². The van der Waals surface area contributed by atoms with Crippen LogP contribution in [0.15, 0.2) is 136 Å². The van der Waals surface area contributed by atoms with Gasteiger partial charge in [0.1, 0.15) is 19.8 Å². The molecule has 0 amide bonds. The van der Waals surface area contributed by atoms with E-state index in [9.17, 15) is 52.5 Å². The number of benzene rings is 4. The van der Waals surface area contributed by atoms with Crippen molar-refractivity contribution >= 4 is 93.2 Å². The van der Waals surface area contributed by atoms with E-state index in [2.05, 4.69) is 40.2 Å². The molecule has 19 nitrogen and oxygen atoms in total. The summed E-state index contributed by atoms with van der Waals surface area (Å²) in [5, 5.41) is 47.4. The van der Waals surface area contributed by atoms with E-state index in [-0.39, 0.29) is 124 Å². The number of hydrogen-bond donors (Lipinski definition) is 1. The molecule has 0 aliphatic rings. The fourth-order valence-corrected chi connectivity index (χ4v) is 5.66. The van der Waals surface area contributed by atoms with Gasteiger partial charge in [0, 0.05) is 12.1 Å². The van der Waals surface area contributed by atoms with Gasteiger partial charge in [0.05, 0.1) is 21.6 Å². The molecule has 4 aromatic carbocycles. The molecule has 0 aliphatic carbocycles. The Morgan fingerprint density at radius 3 is 1.57 bits per heavy atom. The zero-order valence-corrected chi connectivity index (χ0v) is 39.1. The summed E-state index contributed by atoms with van der Waals surface area (Å²) in [6.07, 6.45) is 4.21. The normalized spacial score (nSPS) is 10.5. The molecule has 0 radical (unpaired) electrons. The standard InChI is InChI=1S/C19H12N5O8S.C18H18O6.3Na/c25-18-14(19(26)27)9-12(21-22-15-3-1-2-4-17(15)33(30,31)32)10-16(18)23-20-11-5-7-13(8-6-11)24(28)29;1-4-7-22-16(19)13-10-14(17(20)23-8-5-2)12-15(11-13)18(21)24-9-6-3;;;/h1,3-10,25H,(H,26,27)(H,30,31,32);4-6,10-12H,1-3,7-9H2;;;/q;;;2*+1/p-2. The van der Waals surface area contributed by atoms with Crippen LogP contribution in [0, 0.1) is 10.1 Å². The summed E-state index contributed by atoms with van der Waals surface area (Å²) in [6.45, 7) is 10.3. The predicted molar refractivity (Wildman–Crippen MR) is 202 cm³/mol. The quantitative estimate of drug-likeness (QED) is 0.0205. The summed E-state index contributed by atoms with van der Waals surface area (Å²) in [6, 6.07) is 14.8. The van der Waals surface area contributed by atoms with Gasteiger partial charge in [-0.15, -0.1) is 0 Å². The first-order chi connectivity index (χ1) is 27.5. The molecule has 0 heterocycles. The van der Waals surface area contributed by atoms with Crippen molar-refractivity contribution in [3.05, 3.63) is 143 Å². The van der Waals surface area contributed by atoms with E-state index in [4.69, 9.17) is 14.2 Å². The zero-order valence-electron chi connectivity index (χ0n) is 32.3. The van der Waals surface area contributed by atoms with Gasteiger partial charge in [-0.05, 0) is 30.3 Å². The van der Waals surface area contributed by atoms with Gasteiger partial charge in [-0.3, -0.25) is 10.1 Å². The maximum atomic E-state index is 12.0. The second-order valence-corrected chi connectivity index (χ2v) is 13.7. The van der Waals surface area contributed by atoms with Crippen LogP contribution in [-0.4, -0.2) is 94.6 Å². The average molecular weight is 868 g/mol. The van der Waals surface area contributed by atoms with Crippen LogP contribution in [0.5, 0.6) is 5.75 Å². The number of carbonyl (C=O) groups is 4. The molecule has 0 spiro atoms. The monoisotopic (exact) mass is 867 g/mol. The third-order valence-corrected chi connectivity index (χ3v) is 8.41. The van der Waals surface area contributed by atoms with Crippen LogP contribution >= 0.6 is 0 Å². The number of non-ortho nitro benzene ring substituents is 1. The fraction of sp³-hybridized carbons (Fsp3) is 0.0811. The number of nitro benzene ring substituents is 1. The molecule has 0 aliphatic heterocycles. The minimum Gasteiger partial charge on any atom is 1.00 e. The SMILES string of the molecule is C=CCOC(=O)c1cc(C(=O)OCC=C)cc(C(=O)OCC=C)c1.O=C([O-])c1cc(N=Nc2cc[c]([Na])cc2S(=O)(=O)[O-])cc(N=Nc2ccc([N+](=O)[O-])cc2)c1O.[Na+].[Na+]. The Balaban J connectivity index is 0.000000615. The minimum atomic E-state index is -4.85. The van der Waals surface area contributed by atoms with E-state index >= 15 is 0 Å². The Kier molecular flexibility index (Phi) is 22.9. The third kappa shape index (κ3) is 16.4. The molecule has 60 heavy (non-hydrogen) atoms. The minimum absolute atomic E-state index is 0. The number of ether oxygens (including phenoxy) is 3. The number of aromatic carboxylic acids is 1. The number of carboxylic acid groups (broad SMARTS) is 1. The molecule has 0 bridgehead atoms. The number of hydrogen-bond acceptors (Lipinski definition) is 18. The largest absolute Gasteiger partial charge is 1.00 e. The Morgan fingerprint density at radius 1 is 0.700 bits per heavy atom. The van der Waals surface area contributed by atoms with Crippen LogP contribution in [0.2, 0.25) is 0 Å². The molecule has 0 saturated carbocycles. The van der Waals surface area contributed by atoms with Crippen molar-refractivity contribution in [3.63, 3.8) is 0 Å². The predicted octanol–water partition coefficient (Wildman–Crippen LogP) is -1.08. The summed E-state index contributed by atoms with van der Waals surface area (Å²) in [4.78, 5) is 56.9. The van der Waals surface area contributed by atoms with Gasteiger partial charge in [0.25, 0.3) is 5.69 Å². The molecular formula is C37H28N5Na3O14S. The van der Waals surface area contributed by atoms with Crippen LogP contribution in [0.25, 0.3) is 0 Å². The maximum Gasteiger partial charge on any atom is 1.00 e. The molecule has 0 saturated heterocycles. The van der Waals surface area contributed by atoms with Crippen molar-refractivity contribution in [2.75, 3.05) is 19.8 Å². The number of rotatable bonds is 16. The Bertz CT molecular complexity index is 2340. The number of aromatic hydroxyl groups is 1. The third-order valence-electron chi connectivity index (χ3n) is 6.92. The summed E-state index contributed by atoms with van der Waals surface area (Å²) in [5.74, 6) is -4.65. The molecular weight excluding hydrogens is 839 g/mol. The van der Waals surface area contributed by atoms with E-state index in [1.807, 2.05) is 0 Å². The van der Waals surface area contributed by atoms with Crippen LogP contribution in [-0.2, 0) is 24.3 Å². The van der Waals surface area contributed by atoms with Crippen LogP contribution in [0.1, 0.15) is 41.4 Å². The Labute approximate surface area is 403 Å². The number of esters is 3. The molecule has 0 atom stereocenters. The molecule has 4 rings (SSSR count). The molecule has 0 aromatic heterocycles. The van der Waals surface area contributed by atoms with Gasteiger partial charge in [-0.1, -0.05) is 38.0 Å². The fourth-order valence-electron chi connectivity index (χ4n) is 4.30. The van der Waals surface area contributed by atoms with E-state index in [1.54, 1.807) is 6.07 Å². The summed E-state index contributed by atoms with van der Waals surface area (Å²) >= 11 is 0.484. The molecule has 0 unspecified atom stereocenters. The van der Waals surface area contributed by atoms with E-state index in [0.717, 1.165) is 12.1 Å². The molecule has 4 aromatic rings. The summed E-state index contributed by atoms with van der Waals surface area (Å²) in [7, 11) is -4.85. The number of nitrogens with zero attached hydrogens (tertiary/aromatic N) is 5. The molecule has 294 valence electrons. The smallest absolute Gasteiger partial charge is 1.00 e. The van der Waals surface area contributed by atoms with Crippen LogP contribution in [0.3, 0.4) is 0 Å². The van der Waals surface area contributed by atoms with E-state index in [0.29, 0.717) is 30.7 Å². The first-order valence-electron chi connectivity index (χ1n) is 16.2. The topological polar surface area (TPSA) is 289 Å². The van der Waals surface area contributed by atoms with Crippen molar-refractivity contribution in [2.45, 2.75) is 4.90 Å². The van der Waals surface area contributed by atoms with Gasteiger partial charge >= 0.3 is 242 Å². The number of phenols is 1. The molecule has 23 heteroatoms. The van der Waals surface area contributed by atoms with Gasteiger partial charge < -0.3 is 14.2 Å². The van der Waals surface area contributed by atoms with E-state index < -0.39 is 55.1 Å². The first-order valence-corrected chi connectivity index (χ1v) is 18.6.